The summed E-state index contributed by atoms with van der Waals surface area (Å²) in [7, 11) is 0. The van der Waals surface area contributed by atoms with Gasteiger partial charge < -0.3 is 0 Å². The predicted molar refractivity (Wildman–Crippen MR) is 80.8 cm³/mol. The van der Waals surface area contributed by atoms with Gasteiger partial charge in [-0.25, -0.2) is 13.2 Å². The molecule has 2 aromatic carbocycles. The molecule has 0 heterocycles. The molecule has 0 fully saturated rings. The van der Waals surface area contributed by atoms with Crippen LogP contribution in [0.25, 0.3) is 0 Å². The quantitative estimate of drug-likeness (QED) is 0.400. The van der Waals surface area contributed by atoms with Crippen LogP contribution in [0.1, 0.15) is 40.2 Å². The van der Waals surface area contributed by atoms with Crippen LogP contribution in [0, 0.1) is 5.82 Å². The molecule has 1 atom stereocenters. The van der Waals surface area contributed by atoms with Crippen LogP contribution in [0.3, 0.4) is 0 Å². The van der Waals surface area contributed by atoms with E-state index in [0.29, 0.717) is 0 Å². The maximum absolute atomic E-state index is 14.3. The molecule has 0 N–H and O–H groups in total. The van der Waals surface area contributed by atoms with E-state index in [9.17, 15) is 26.3 Å². The molecule has 0 saturated carbocycles. The second-order valence-electron chi connectivity index (χ2n) is 5.71. The van der Waals surface area contributed by atoms with Crippen molar-refractivity contribution < 1.29 is 26.3 Å². The largest absolute Gasteiger partial charge is 0.416 e. The van der Waals surface area contributed by atoms with Crippen molar-refractivity contribution in [2.45, 2.75) is 29.8 Å². The third-order valence-electron chi connectivity index (χ3n) is 4.23. The molecule has 1 unspecified atom stereocenters. The Hall–Kier alpha value is -1.50. The number of alkyl halides is 6. The summed E-state index contributed by atoms with van der Waals surface area (Å²) in [4.78, 5) is 0. The number of benzene rings is 2. The Bertz CT molecular complexity index is 781. The topological polar surface area (TPSA) is 0 Å². The summed E-state index contributed by atoms with van der Waals surface area (Å²) in [6.07, 6.45) is -5.45. The van der Waals surface area contributed by atoms with Gasteiger partial charge in [-0.1, -0.05) is 40.2 Å². The van der Waals surface area contributed by atoms with Gasteiger partial charge in [0.15, 0.2) is 0 Å². The summed E-state index contributed by atoms with van der Waals surface area (Å²) in [6.45, 7) is 0. The Morgan fingerprint density at radius 2 is 1.75 bits per heavy atom. The monoisotopic (exact) mass is 408 g/mol. The van der Waals surface area contributed by atoms with Crippen molar-refractivity contribution in [3.8, 4) is 0 Å². The van der Waals surface area contributed by atoms with Crippen LogP contribution in [0.2, 0.25) is 0 Å². The zero-order valence-corrected chi connectivity index (χ0v) is 13.7. The second kappa shape index (κ2) is 5.79. The Balaban J connectivity index is 2.21. The fraction of sp³-hybridized carbons (Fsp3) is 0.294. The van der Waals surface area contributed by atoms with Crippen molar-refractivity contribution in [2.75, 3.05) is 0 Å². The molecule has 0 spiro atoms. The van der Waals surface area contributed by atoms with E-state index in [-0.39, 0.29) is 22.0 Å². The fourth-order valence-electron chi connectivity index (χ4n) is 3.16. The highest BCUT2D eigenvalue weighted by Gasteiger charge is 2.48. The molecule has 1 aliphatic rings. The molecule has 1 aliphatic carbocycles. The minimum absolute atomic E-state index is 0.0487. The second-order valence-corrected chi connectivity index (χ2v) is 6.27. The van der Waals surface area contributed by atoms with Gasteiger partial charge in [0, 0.05) is 23.2 Å². The number of hydrogen-bond acceptors (Lipinski definition) is 0. The molecule has 0 saturated heterocycles. The van der Waals surface area contributed by atoms with Crippen LogP contribution >= 0.6 is 15.9 Å². The summed E-state index contributed by atoms with van der Waals surface area (Å²) < 4.78 is 82.0. The maximum atomic E-state index is 14.3. The van der Waals surface area contributed by atoms with E-state index in [1.807, 2.05) is 0 Å². The lowest BCUT2D eigenvalue weighted by atomic mass is 9.88. The molecule has 24 heavy (non-hydrogen) atoms. The first kappa shape index (κ1) is 17.3. The van der Waals surface area contributed by atoms with Gasteiger partial charge in [-0.2, -0.15) is 13.2 Å². The van der Waals surface area contributed by atoms with E-state index in [1.165, 1.54) is 24.3 Å². The van der Waals surface area contributed by atoms with Gasteiger partial charge in [0.1, 0.15) is 5.82 Å². The average molecular weight is 409 g/mol. The summed E-state index contributed by atoms with van der Waals surface area (Å²) >= 11 is 3.06. The van der Waals surface area contributed by atoms with Gasteiger partial charge in [0.25, 0.3) is 5.92 Å². The molecule has 0 aromatic heterocycles. The molecule has 0 amide bonds. The minimum Gasteiger partial charge on any atom is -0.207 e. The zero-order valence-electron chi connectivity index (χ0n) is 12.1. The highest BCUT2D eigenvalue weighted by molar-refractivity contribution is 9.08. The van der Waals surface area contributed by atoms with Crippen molar-refractivity contribution >= 4 is 15.9 Å². The predicted octanol–water partition coefficient (Wildman–Crippen LogP) is 6.37. The summed E-state index contributed by atoms with van der Waals surface area (Å²) in [6, 6.07) is 6.65. The first-order valence-electron chi connectivity index (χ1n) is 7.08. The van der Waals surface area contributed by atoms with Crippen LogP contribution in [-0.4, -0.2) is 0 Å². The Labute approximate surface area is 142 Å². The van der Waals surface area contributed by atoms with Crippen molar-refractivity contribution in [1.82, 2.24) is 0 Å². The normalized spacial score (nSPS) is 19.4. The molecule has 0 bridgehead atoms. The lowest BCUT2D eigenvalue weighted by Crippen LogP contribution is -2.13. The summed E-state index contributed by atoms with van der Waals surface area (Å²) in [5, 5.41) is 0.0886. The van der Waals surface area contributed by atoms with Crippen molar-refractivity contribution in [3.63, 3.8) is 0 Å². The molecular formula is C17H11BrF6. The highest BCUT2D eigenvalue weighted by Crippen LogP contribution is 2.53. The van der Waals surface area contributed by atoms with Crippen LogP contribution in [0.4, 0.5) is 26.3 Å². The van der Waals surface area contributed by atoms with E-state index in [1.54, 1.807) is 0 Å². The van der Waals surface area contributed by atoms with Crippen LogP contribution in [0.5, 0.6) is 0 Å². The van der Waals surface area contributed by atoms with Gasteiger partial charge in [-0.05, 0) is 28.8 Å². The smallest absolute Gasteiger partial charge is 0.207 e. The van der Waals surface area contributed by atoms with E-state index in [2.05, 4.69) is 15.9 Å². The van der Waals surface area contributed by atoms with Crippen LogP contribution in [-0.2, 0) is 17.4 Å². The molecule has 128 valence electrons. The first-order valence-corrected chi connectivity index (χ1v) is 8.20. The number of rotatable bonds is 2. The van der Waals surface area contributed by atoms with Crippen LogP contribution in [0.15, 0.2) is 36.4 Å². The SMILES string of the molecule is Fc1cc2c(cc1CBr)C(c1ccccc1C(F)(F)F)CC2(F)F. The number of hydrogen-bond donors (Lipinski definition) is 0. The lowest BCUT2D eigenvalue weighted by molar-refractivity contribution is -0.138. The Morgan fingerprint density at radius 1 is 1.08 bits per heavy atom. The average Bonchev–Trinajstić information content (AvgIpc) is 2.77. The lowest BCUT2D eigenvalue weighted by Gasteiger charge is -2.19. The van der Waals surface area contributed by atoms with E-state index in [0.717, 1.165) is 12.1 Å². The molecule has 3 rings (SSSR count). The Kier molecular flexibility index (Phi) is 4.18. The van der Waals surface area contributed by atoms with E-state index < -0.39 is 41.4 Å². The van der Waals surface area contributed by atoms with Crippen molar-refractivity contribution in [1.29, 1.82) is 0 Å². The summed E-state index contributed by atoms with van der Waals surface area (Å²) in [5.74, 6) is -5.30. The molecule has 0 radical (unpaired) electrons. The summed E-state index contributed by atoms with van der Waals surface area (Å²) in [5.41, 5.74) is -1.50. The number of halogens is 7. The van der Waals surface area contributed by atoms with Crippen molar-refractivity contribution in [2.24, 2.45) is 0 Å². The van der Waals surface area contributed by atoms with Gasteiger partial charge in [0.05, 0.1) is 5.56 Å². The molecule has 0 aliphatic heterocycles. The van der Waals surface area contributed by atoms with Gasteiger partial charge in [-0.3, -0.25) is 0 Å². The highest BCUT2D eigenvalue weighted by atomic mass is 79.9. The van der Waals surface area contributed by atoms with E-state index >= 15 is 0 Å². The number of fused-ring (bicyclic) bond motifs is 1. The fourth-order valence-corrected chi connectivity index (χ4v) is 3.59. The first-order chi connectivity index (χ1) is 11.1. The van der Waals surface area contributed by atoms with Crippen LogP contribution < -0.4 is 0 Å². The molecular weight excluding hydrogens is 398 g/mol. The van der Waals surface area contributed by atoms with Crippen molar-refractivity contribution in [3.05, 3.63) is 70.0 Å². The molecule has 0 nitrogen and oxygen atoms in total. The third-order valence-corrected chi connectivity index (χ3v) is 4.84. The minimum atomic E-state index is -4.65. The van der Waals surface area contributed by atoms with Gasteiger partial charge >= 0.3 is 6.18 Å². The zero-order chi connectivity index (χ0) is 17.7. The van der Waals surface area contributed by atoms with Gasteiger partial charge in [0.2, 0.25) is 0 Å². The standard InChI is InChI=1S/C17H11BrF6/c18-8-9-5-11-12(7-16(20,21)14(11)6-15(9)19)10-3-1-2-4-13(10)17(22,23)24/h1-6,12H,7-8H2. The van der Waals surface area contributed by atoms with E-state index in [4.69, 9.17) is 0 Å². The third kappa shape index (κ3) is 2.83. The Morgan fingerprint density at radius 3 is 2.38 bits per heavy atom. The molecule has 2 aromatic rings. The molecule has 7 heteroatoms. The van der Waals surface area contributed by atoms with Gasteiger partial charge in [-0.15, -0.1) is 0 Å². The maximum Gasteiger partial charge on any atom is 0.416 e.